The van der Waals surface area contributed by atoms with Crippen LogP contribution in [0.1, 0.15) is 5.56 Å². The average Bonchev–Trinajstić information content (AvgIpc) is 2.80. The van der Waals surface area contributed by atoms with Crippen molar-refractivity contribution in [3.63, 3.8) is 0 Å². The maximum absolute atomic E-state index is 9.21. The molecule has 4 nitrogen and oxygen atoms in total. The maximum Gasteiger partial charge on any atom is 0.177 e. The van der Waals surface area contributed by atoms with E-state index in [0.717, 1.165) is 17.7 Å². The summed E-state index contributed by atoms with van der Waals surface area (Å²) in [5, 5.41) is 12.5. The summed E-state index contributed by atoms with van der Waals surface area (Å²) in [6.07, 6.45) is 2.42. The molecule has 1 atom stereocenters. The first kappa shape index (κ1) is 14.9. The number of nitrogens with zero attached hydrogens (tertiary/aromatic N) is 2. The van der Waals surface area contributed by atoms with Gasteiger partial charge in [-0.1, -0.05) is 33.9 Å². The second-order valence-electron chi connectivity index (χ2n) is 4.17. The van der Waals surface area contributed by atoms with Gasteiger partial charge in [-0.05, 0) is 41.7 Å². The zero-order valence-electron chi connectivity index (χ0n) is 10.5. The third-order valence-electron chi connectivity index (χ3n) is 2.83. The lowest BCUT2D eigenvalue weighted by atomic mass is 10.2. The van der Waals surface area contributed by atoms with Gasteiger partial charge in [0.1, 0.15) is 6.07 Å². The van der Waals surface area contributed by atoms with Gasteiger partial charge in [0.05, 0.1) is 0 Å². The molecule has 1 unspecified atom stereocenters. The minimum Gasteiger partial charge on any atom is -0.376 e. The highest BCUT2D eigenvalue weighted by Gasteiger charge is 2.30. The number of nitrogens with one attached hydrogen (secondary N) is 1. The summed E-state index contributed by atoms with van der Waals surface area (Å²) in [4.78, 5) is 4.10. The van der Waals surface area contributed by atoms with E-state index in [2.05, 4.69) is 15.8 Å². The molecule has 0 fully saturated rings. The molecule has 3 N–H and O–H groups in total. The Morgan fingerprint density at radius 1 is 1.45 bits per heavy atom. The number of hydrogen-bond acceptors (Lipinski definition) is 3. The van der Waals surface area contributed by atoms with Crippen molar-refractivity contribution in [3.05, 3.63) is 46.5 Å². The largest absolute Gasteiger partial charge is 0.376 e. The molecule has 104 valence electrons. The minimum absolute atomic E-state index is 0.186. The van der Waals surface area contributed by atoms with Crippen LogP contribution in [0.2, 0.25) is 5.02 Å². The molecular formula is C13H13ClN4S2. The fraction of sp³-hybridized carbons (Fsp3) is 0.154. The fourth-order valence-electron chi connectivity index (χ4n) is 1.88. The molecule has 1 aliphatic heterocycles. The smallest absolute Gasteiger partial charge is 0.177 e. The lowest BCUT2D eigenvalue weighted by Crippen LogP contribution is -2.35. The molecule has 0 spiro atoms. The molecule has 1 aliphatic rings. The van der Waals surface area contributed by atoms with Crippen molar-refractivity contribution in [2.24, 2.45) is 10.7 Å². The number of nitriles is 1. The number of aryl methyl sites for hydroxylation is 1. The van der Waals surface area contributed by atoms with Crippen LogP contribution in [0.4, 0.5) is 0 Å². The van der Waals surface area contributed by atoms with E-state index < -0.39 is 10.2 Å². The Kier molecular flexibility index (Phi) is 4.65. The molecule has 20 heavy (non-hydrogen) atoms. The molecular weight excluding hydrogens is 312 g/mol. The fourth-order valence-corrected chi connectivity index (χ4v) is 4.77. The molecule has 1 aromatic rings. The predicted molar refractivity (Wildman–Crippen MR) is 89.7 cm³/mol. The Morgan fingerprint density at radius 3 is 2.75 bits per heavy atom. The highest BCUT2D eigenvalue weighted by molar-refractivity contribution is 8.47. The summed E-state index contributed by atoms with van der Waals surface area (Å²) in [7, 11) is -1.70. The van der Waals surface area contributed by atoms with Crippen LogP contribution in [0.25, 0.3) is 0 Å². The van der Waals surface area contributed by atoms with Crippen molar-refractivity contribution in [1.29, 1.82) is 5.26 Å². The molecule has 0 saturated carbocycles. The van der Waals surface area contributed by atoms with Crippen molar-refractivity contribution in [3.8, 4) is 6.07 Å². The highest BCUT2D eigenvalue weighted by Crippen LogP contribution is 2.50. The molecule has 0 amide bonds. The van der Waals surface area contributed by atoms with E-state index in [1.165, 1.54) is 0 Å². The predicted octanol–water partition coefficient (Wildman–Crippen LogP) is 2.84. The molecule has 1 heterocycles. The molecule has 0 saturated heterocycles. The van der Waals surface area contributed by atoms with Gasteiger partial charge in [-0.2, -0.15) is 5.26 Å². The zero-order chi connectivity index (χ0) is 14.6. The number of nitrogens with two attached hydrogens (primary N) is 1. The minimum atomic E-state index is -1.70. The Hall–Kier alpha value is -1.55. The van der Waals surface area contributed by atoms with E-state index in [9.17, 15) is 5.26 Å². The van der Waals surface area contributed by atoms with Crippen molar-refractivity contribution in [1.82, 2.24) is 4.72 Å². The van der Waals surface area contributed by atoms with Crippen LogP contribution in [0.3, 0.4) is 0 Å². The number of rotatable bonds is 4. The van der Waals surface area contributed by atoms with Gasteiger partial charge in [0.25, 0.3) is 0 Å². The summed E-state index contributed by atoms with van der Waals surface area (Å²) < 4.78 is 3.06. The van der Waals surface area contributed by atoms with Crippen molar-refractivity contribution in [2.45, 2.75) is 6.42 Å². The highest BCUT2D eigenvalue weighted by atomic mass is 35.5. The van der Waals surface area contributed by atoms with E-state index in [1.807, 2.05) is 29.7 Å². The van der Waals surface area contributed by atoms with Crippen LogP contribution in [-0.2, 0) is 6.42 Å². The van der Waals surface area contributed by atoms with Gasteiger partial charge in [0, 0.05) is 17.0 Å². The van der Waals surface area contributed by atoms with Crippen LogP contribution in [0.5, 0.6) is 0 Å². The number of hydrogen-bond donors (Lipinski definition) is 2. The summed E-state index contributed by atoms with van der Waals surface area (Å²) in [6, 6.07) is 9.77. The van der Waals surface area contributed by atoms with Gasteiger partial charge in [-0.15, -0.1) is 0 Å². The average molecular weight is 325 g/mol. The van der Waals surface area contributed by atoms with E-state index in [-0.39, 0.29) is 5.11 Å². The second kappa shape index (κ2) is 6.27. The number of benzene rings is 1. The molecule has 0 aromatic heterocycles. The van der Waals surface area contributed by atoms with Crippen molar-refractivity contribution >= 4 is 44.2 Å². The quantitative estimate of drug-likeness (QED) is 0.835. The van der Waals surface area contributed by atoms with Gasteiger partial charge >= 0.3 is 0 Å². The molecule has 1 aromatic carbocycles. The summed E-state index contributed by atoms with van der Waals surface area (Å²) in [5.74, 6) is 0.717. The maximum atomic E-state index is 9.21. The first-order valence-corrected chi connectivity index (χ1v) is 8.48. The summed E-state index contributed by atoms with van der Waals surface area (Å²) in [5.41, 5.74) is 6.73. The summed E-state index contributed by atoms with van der Waals surface area (Å²) >= 11 is 10.8. The normalized spacial score (nSPS) is 23.5. The van der Waals surface area contributed by atoms with Gasteiger partial charge in [0.2, 0.25) is 0 Å². The second-order valence-corrected chi connectivity index (χ2v) is 7.90. The van der Waals surface area contributed by atoms with Crippen LogP contribution < -0.4 is 10.5 Å². The topological polar surface area (TPSA) is 74.2 Å². The lowest BCUT2D eigenvalue weighted by molar-refractivity contribution is 1.14. The van der Waals surface area contributed by atoms with Crippen LogP contribution in [-0.4, -0.2) is 15.9 Å². The van der Waals surface area contributed by atoms with E-state index >= 15 is 0 Å². The molecule has 0 radical (unpaired) electrons. The number of thiocarbonyl (C=S) groups is 1. The number of halogens is 1. The third-order valence-corrected chi connectivity index (χ3v) is 6.22. The van der Waals surface area contributed by atoms with Crippen LogP contribution in [0, 0.1) is 11.3 Å². The van der Waals surface area contributed by atoms with Crippen LogP contribution in [0.15, 0.2) is 40.9 Å². The van der Waals surface area contributed by atoms with Crippen molar-refractivity contribution in [2.75, 3.05) is 5.75 Å². The lowest BCUT2D eigenvalue weighted by Gasteiger charge is -2.33. The summed E-state index contributed by atoms with van der Waals surface area (Å²) in [6.45, 7) is 0. The van der Waals surface area contributed by atoms with E-state index in [1.54, 1.807) is 6.20 Å². The standard InChI is InChI=1S/C13H13ClN4S2/c14-11-3-1-10(2-4-11)5-7-20(18-13(16)19)8-6-17-12(20)9-15/h1-4,6,8H,5,7H2,(H3,16,18,19). The zero-order valence-corrected chi connectivity index (χ0v) is 12.9. The molecule has 0 bridgehead atoms. The van der Waals surface area contributed by atoms with Gasteiger partial charge in [0.15, 0.2) is 10.2 Å². The monoisotopic (exact) mass is 324 g/mol. The Bertz CT molecular complexity index is 618. The molecule has 2 rings (SSSR count). The van der Waals surface area contributed by atoms with Gasteiger partial charge in [-0.25, -0.2) is 4.99 Å². The van der Waals surface area contributed by atoms with Crippen molar-refractivity contribution < 1.29 is 0 Å². The van der Waals surface area contributed by atoms with E-state index in [0.29, 0.717) is 10.1 Å². The van der Waals surface area contributed by atoms with Crippen LogP contribution >= 0.6 is 34.0 Å². The van der Waals surface area contributed by atoms with Gasteiger partial charge in [-0.3, -0.25) is 0 Å². The Balaban J connectivity index is 2.16. The van der Waals surface area contributed by atoms with Gasteiger partial charge < -0.3 is 10.5 Å². The third kappa shape index (κ3) is 3.31. The SMILES string of the molecule is N#CC1=NC=CS1(CCc1ccc(Cl)cc1)NC(N)=S. The first-order valence-electron chi connectivity index (χ1n) is 5.83. The number of aliphatic imine (C=N–C) groups is 1. The molecule has 7 heteroatoms. The Morgan fingerprint density at radius 2 is 2.15 bits per heavy atom. The first-order chi connectivity index (χ1) is 9.55. The van der Waals surface area contributed by atoms with E-state index in [4.69, 9.17) is 29.6 Å². The Labute approximate surface area is 129 Å². The molecule has 0 aliphatic carbocycles.